The van der Waals surface area contributed by atoms with Gasteiger partial charge in [0.2, 0.25) is 0 Å². The van der Waals surface area contributed by atoms with Gasteiger partial charge in [-0.25, -0.2) is 0 Å². The van der Waals surface area contributed by atoms with E-state index in [9.17, 15) is 0 Å². The minimum absolute atomic E-state index is 0.0737. The third-order valence-corrected chi connectivity index (χ3v) is 4.07. The first-order valence-corrected chi connectivity index (χ1v) is 7.10. The summed E-state index contributed by atoms with van der Waals surface area (Å²) in [6.45, 7) is 2.83. The van der Waals surface area contributed by atoms with Gasteiger partial charge in [-0.1, -0.05) is 49.4 Å². The molecule has 0 radical (unpaired) electrons. The van der Waals surface area contributed by atoms with Crippen LogP contribution in [0.4, 0.5) is 0 Å². The summed E-state index contributed by atoms with van der Waals surface area (Å²) in [6, 6.07) is 16.9. The lowest BCUT2D eigenvalue weighted by atomic mass is 9.88. The fraction of sp³-hybridized carbons (Fsp3) is 0.294. The van der Waals surface area contributed by atoms with Gasteiger partial charge in [-0.15, -0.1) is 0 Å². The summed E-state index contributed by atoms with van der Waals surface area (Å²) in [7, 11) is 0. The predicted molar refractivity (Wildman–Crippen MR) is 80.6 cm³/mol. The molecule has 3 rings (SSSR count). The fourth-order valence-corrected chi connectivity index (χ4v) is 2.87. The smallest absolute Gasteiger partial charge is 0.122 e. The molecule has 104 valence electrons. The molecule has 1 aliphatic heterocycles. The molecule has 0 aliphatic carbocycles. The van der Waals surface area contributed by atoms with Crippen LogP contribution < -0.4 is 16.0 Å². The summed E-state index contributed by atoms with van der Waals surface area (Å²) in [5, 5.41) is 0. The Kier molecular flexibility index (Phi) is 3.72. The molecule has 2 aromatic rings. The van der Waals surface area contributed by atoms with Crippen LogP contribution >= 0.6 is 0 Å². The minimum atomic E-state index is 0.0737. The number of ether oxygens (including phenoxy) is 1. The Morgan fingerprint density at radius 1 is 1.20 bits per heavy atom. The molecule has 0 amide bonds. The van der Waals surface area contributed by atoms with E-state index in [-0.39, 0.29) is 12.0 Å². The number of para-hydroxylation sites is 1. The highest BCUT2D eigenvalue weighted by Crippen LogP contribution is 2.40. The SMILES string of the molecule is CCc1ccc(C(NN)C2COc3ccccc32)cc1. The molecule has 2 unspecified atom stereocenters. The van der Waals surface area contributed by atoms with Crippen LogP contribution in [0.25, 0.3) is 0 Å². The molecule has 0 aromatic heterocycles. The second kappa shape index (κ2) is 5.65. The summed E-state index contributed by atoms with van der Waals surface area (Å²) >= 11 is 0. The van der Waals surface area contributed by atoms with E-state index in [4.69, 9.17) is 10.6 Å². The largest absolute Gasteiger partial charge is 0.493 e. The Morgan fingerprint density at radius 3 is 2.65 bits per heavy atom. The summed E-state index contributed by atoms with van der Waals surface area (Å²) in [5.41, 5.74) is 6.73. The maximum absolute atomic E-state index is 5.81. The van der Waals surface area contributed by atoms with E-state index in [1.165, 1.54) is 16.7 Å². The average molecular weight is 268 g/mol. The van der Waals surface area contributed by atoms with E-state index >= 15 is 0 Å². The van der Waals surface area contributed by atoms with E-state index in [2.05, 4.69) is 42.7 Å². The van der Waals surface area contributed by atoms with Crippen LogP contribution in [0.2, 0.25) is 0 Å². The summed E-state index contributed by atoms with van der Waals surface area (Å²) in [4.78, 5) is 0. The average Bonchev–Trinajstić information content (AvgIpc) is 2.93. The van der Waals surface area contributed by atoms with Crippen molar-refractivity contribution in [3.8, 4) is 5.75 Å². The van der Waals surface area contributed by atoms with Gasteiger partial charge in [0.05, 0.1) is 12.6 Å². The van der Waals surface area contributed by atoms with Crippen molar-refractivity contribution in [1.29, 1.82) is 0 Å². The lowest BCUT2D eigenvalue weighted by Gasteiger charge is -2.22. The van der Waals surface area contributed by atoms with Gasteiger partial charge in [-0.3, -0.25) is 11.3 Å². The number of fused-ring (bicyclic) bond motifs is 1. The zero-order chi connectivity index (χ0) is 13.9. The second-order valence-corrected chi connectivity index (χ2v) is 5.19. The zero-order valence-corrected chi connectivity index (χ0v) is 11.7. The topological polar surface area (TPSA) is 47.3 Å². The molecular weight excluding hydrogens is 248 g/mol. The highest BCUT2D eigenvalue weighted by molar-refractivity contribution is 5.42. The minimum Gasteiger partial charge on any atom is -0.493 e. The van der Waals surface area contributed by atoms with Gasteiger partial charge in [0.1, 0.15) is 5.75 Å². The third kappa shape index (κ3) is 2.30. The van der Waals surface area contributed by atoms with Gasteiger partial charge < -0.3 is 4.74 Å². The number of aryl methyl sites for hydroxylation is 1. The second-order valence-electron chi connectivity index (χ2n) is 5.19. The standard InChI is InChI=1S/C17H20N2O/c1-2-12-7-9-13(10-8-12)17(19-18)15-11-20-16-6-4-3-5-14(15)16/h3-10,15,17,19H,2,11,18H2,1H3. The van der Waals surface area contributed by atoms with Crippen LogP contribution in [0.3, 0.4) is 0 Å². The van der Waals surface area contributed by atoms with Gasteiger partial charge in [0, 0.05) is 11.5 Å². The van der Waals surface area contributed by atoms with Crippen molar-refractivity contribution in [2.24, 2.45) is 5.84 Å². The maximum atomic E-state index is 5.81. The van der Waals surface area contributed by atoms with E-state index in [1.807, 2.05) is 18.2 Å². The Hall–Kier alpha value is -1.84. The number of benzene rings is 2. The molecule has 3 N–H and O–H groups in total. The highest BCUT2D eigenvalue weighted by Gasteiger charge is 2.31. The van der Waals surface area contributed by atoms with Gasteiger partial charge >= 0.3 is 0 Å². The summed E-state index contributed by atoms with van der Waals surface area (Å²) in [5.74, 6) is 7.04. The van der Waals surface area contributed by atoms with Gasteiger partial charge in [-0.05, 0) is 23.6 Å². The van der Waals surface area contributed by atoms with Crippen LogP contribution in [0.15, 0.2) is 48.5 Å². The lowest BCUT2D eigenvalue weighted by molar-refractivity contribution is 0.300. The normalized spacial score (nSPS) is 18.4. The molecule has 0 saturated carbocycles. The van der Waals surface area contributed by atoms with E-state index < -0.39 is 0 Å². The highest BCUT2D eigenvalue weighted by atomic mass is 16.5. The molecule has 0 spiro atoms. The quantitative estimate of drug-likeness (QED) is 0.662. The zero-order valence-electron chi connectivity index (χ0n) is 11.7. The maximum Gasteiger partial charge on any atom is 0.122 e. The number of nitrogens with two attached hydrogens (primary N) is 1. The van der Waals surface area contributed by atoms with Gasteiger partial charge in [0.25, 0.3) is 0 Å². The number of hydrazine groups is 1. The van der Waals surface area contributed by atoms with Crippen molar-refractivity contribution in [3.05, 3.63) is 65.2 Å². The molecule has 2 atom stereocenters. The van der Waals surface area contributed by atoms with E-state index in [0.717, 1.165) is 12.2 Å². The summed E-state index contributed by atoms with van der Waals surface area (Å²) < 4.78 is 5.76. The summed E-state index contributed by atoms with van der Waals surface area (Å²) in [6.07, 6.45) is 1.05. The van der Waals surface area contributed by atoms with Gasteiger partial charge in [-0.2, -0.15) is 0 Å². The molecule has 0 fully saturated rings. The first-order chi connectivity index (χ1) is 9.83. The van der Waals surface area contributed by atoms with Crippen molar-refractivity contribution in [2.75, 3.05) is 6.61 Å². The van der Waals surface area contributed by atoms with Crippen molar-refractivity contribution >= 4 is 0 Å². The van der Waals surface area contributed by atoms with Gasteiger partial charge in [0.15, 0.2) is 0 Å². The third-order valence-electron chi connectivity index (χ3n) is 4.07. The molecule has 0 saturated heterocycles. The Balaban J connectivity index is 1.90. The Bertz CT molecular complexity index is 580. The number of nitrogens with one attached hydrogen (secondary N) is 1. The fourth-order valence-electron chi connectivity index (χ4n) is 2.87. The number of rotatable bonds is 4. The molecule has 1 aliphatic rings. The first-order valence-electron chi connectivity index (χ1n) is 7.10. The molecule has 20 heavy (non-hydrogen) atoms. The van der Waals surface area contributed by atoms with Crippen molar-refractivity contribution in [3.63, 3.8) is 0 Å². The molecule has 1 heterocycles. The van der Waals surface area contributed by atoms with E-state index in [1.54, 1.807) is 0 Å². The molecule has 3 nitrogen and oxygen atoms in total. The monoisotopic (exact) mass is 268 g/mol. The molecule has 3 heteroatoms. The van der Waals surface area contributed by atoms with Crippen LogP contribution in [-0.2, 0) is 6.42 Å². The number of hydrogen-bond donors (Lipinski definition) is 2. The first kappa shape index (κ1) is 13.2. The van der Waals surface area contributed by atoms with Crippen molar-refractivity contribution < 1.29 is 4.74 Å². The van der Waals surface area contributed by atoms with Crippen LogP contribution in [-0.4, -0.2) is 6.61 Å². The Labute approximate surface area is 119 Å². The lowest BCUT2D eigenvalue weighted by Crippen LogP contribution is -2.33. The van der Waals surface area contributed by atoms with Crippen LogP contribution in [0.1, 0.15) is 35.6 Å². The van der Waals surface area contributed by atoms with Crippen molar-refractivity contribution in [2.45, 2.75) is 25.3 Å². The Morgan fingerprint density at radius 2 is 1.95 bits per heavy atom. The van der Waals surface area contributed by atoms with Crippen molar-refractivity contribution in [1.82, 2.24) is 5.43 Å². The predicted octanol–water partition coefficient (Wildman–Crippen LogP) is 2.93. The number of hydrogen-bond acceptors (Lipinski definition) is 3. The molecular formula is C17H20N2O. The molecule has 0 bridgehead atoms. The van der Waals surface area contributed by atoms with E-state index in [0.29, 0.717) is 6.61 Å². The molecule has 2 aromatic carbocycles. The van der Waals surface area contributed by atoms with Crippen LogP contribution in [0.5, 0.6) is 5.75 Å². The van der Waals surface area contributed by atoms with Crippen LogP contribution in [0, 0.1) is 0 Å².